The molecule has 24 heavy (non-hydrogen) atoms. The average Bonchev–Trinajstić information content (AvgIpc) is 2.55. The van der Waals surface area contributed by atoms with Gasteiger partial charge >= 0.3 is 0 Å². The quantitative estimate of drug-likeness (QED) is 0.772. The Labute approximate surface area is 140 Å². The highest BCUT2D eigenvalue weighted by atomic mass is 32.2. The van der Waals surface area contributed by atoms with E-state index in [2.05, 4.69) is 15.0 Å². The minimum absolute atomic E-state index is 0.0232. The van der Waals surface area contributed by atoms with Gasteiger partial charge < -0.3 is 5.32 Å². The predicted octanol–water partition coefficient (Wildman–Crippen LogP) is 1.59. The molecule has 0 fully saturated rings. The van der Waals surface area contributed by atoms with Gasteiger partial charge in [0, 0.05) is 11.8 Å². The van der Waals surface area contributed by atoms with Crippen LogP contribution < -0.4 is 10.0 Å². The summed E-state index contributed by atoms with van der Waals surface area (Å²) in [6, 6.07) is 9.50. The summed E-state index contributed by atoms with van der Waals surface area (Å²) >= 11 is 0. The topological polar surface area (TPSA) is 105 Å². The van der Waals surface area contributed by atoms with E-state index in [0.717, 1.165) is 0 Å². The summed E-state index contributed by atoms with van der Waals surface area (Å²) in [4.78, 5) is 27.2. The van der Waals surface area contributed by atoms with Gasteiger partial charge in [-0.05, 0) is 38.1 Å². The average molecular weight is 347 g/mol. The third kappa shape index (κ3) is 4.46. The Morgan fingerprint density at radius 2 is 1.75 bits per heavy atom. The van der Waals surface area contributed by atoms with Gasteiger partial charge in [-0.3, -0.25) is 9.59 Å². The summed E-state index contributed by atoms with van der Waals surface area (Å²) in [5.74, 6) is -0.355. The molecule has 0 aliphatic heterocycles. The van der Waals surface area contributed by atoms with Crippen molar-refractivity contribution in [2.24, 2.45) is 0 Å². The maximum absolute atomic E-state index is 12.3. The van der Waals surface area contributed by atoms with Crippen LogP contribution in [0.25, 0.3) is 0 Å². The van der Waals surface area contributed by atoms with Gasteiger partial charge in [0.2, 0.25) is 15.9 Å². The summed E-state index contributed by atoms with van der Waals surface area (Å²) in [6.45, 7) is 2.82. The van der Waals surface area contributed by atoms with Crippen LogP contribution in [0, 0.1) is 0 Å². The molecular weight excluding hydrogens is 330 g/mol. The van der Waals surface area contributed by atoms with Crippen LogP contribution in [0.1, 0.15) is 24.2 Å². The molecule has 8 heteroatoms. The first-order chi connectivity index (χ1) is 11.3. The smallest absolute Gasteiger partial charge is 0.243 e. The van der Waals surface area contributed by atoms with E-state index < -0.39 is 22.0 Å². The summed E-state index contributed by atoms with van der Waals surface area (Å²) in [5, 5.41) is 2.52. The van der Waals surface area contributed by atoms with Crippen molar-refractivity contribution in [3.05, 3.63) is 54.2 Å². The van der Waals surface area contributed by atoms with E-state index >= 15 is 0 Å². The van der Waals surface area contributed by atoms with Gasteiger partial charge in [-0.15, -0.1) is 0 Å². The van der Waals surface area contributed by atoms with Crippen LogP contribution in [-0.2, 0) is 14.8 Å². The number of hydrogen-bond donors (Lipinski definition) is 2. The van der Waals surface area contributed by atoms with Crippen molar-refractivity contribution in [3.8, 4) is 0 Å². The number of anilines is 1. The van der Waals surface area contributed by atoms with Gasteiger partial charge in [0.15, 0.2) is 5.78 Å². The molecule has 0 bridgehead atoms. The van der Waals surface area contributed by atoms with Gasteiger partial charge in [-0.2, -0.15) is 4.72 Å². The molecule has 2 aromatic rings. The highest BCUT2D eigenvalue weighted by Crippen LogP contribution is 2.12. The van der Waals surface area contributed by atoms with E-state index in [0.29, 0.717) is 11.4 Å². The fraction of sp³-hybridized carbons (Fsp3) is 0.188. The van der Waals surface area contributed by atoms with Gasteiger partial charge in [0.25, 0.3) is 0 Å². The zero-order valence-corrected chi connectivity index (χ0v) is 14.0. The molecule has 126 valence electrons. The molecule has 0 aliphatic carbocycles. The van der Waals surface area contributed by atoms with Crippen molar-refractivity contribution in [1.29, 1.82) is 0 Å². The maximum Gasteiger partial charge on any atom is 0.243 e. The zero-order chi connectivity index (χ0) is 17.7. The van der Waals surface area contributed by atoms with Crippen LogP contribution in [0.15, 0.2) is 53.6 Å². The second-order valence-electron chi connectivity index (χ2n) is 5.13. The van der Waals surface area contributed by atoms with Crippen LogP contribution in [0.4, 0.5) is 5.82 Å². The van der Waals surface area contributed by atoms with Crippen molar-refractivity contribution in [3.63, 3.8) is 0 Å². The van der Waals surface area contributed by atoms with E-state index in [4.69, 9.17) is 0 Å². The highest BCUT2D eigenvalue weighted by molar-refractivity contribution is 7.89. The summed E-state index contributed by atoms with van der Waals surface area (Å²) in [5.41, 5.74) is 0.412. The van der Waals surface area contributed by atoms with Crippen LogP contribution in [-0.4, -0.2) is 31.1 Å². The van der Waals surface area contributed by atoms with E-state index in [1.165, 1.54) is 44.3 Å². The Kier molecular flexibility index (Phi) is 5.42. The first-order valence-electron chi connectivity index (χ1n) is 7.15. The number of benzene rings is 1. The highest BCUT2D eigenvalue weighted by Gasteiger charge is 2.22. The Morgan fingerprint density at radius 1 is 1.08 bits per heavy atom. The minimum Gasteiger partial charge on any atom is -0.309 e. The number of carbonyl (C=O) groups is 2. The predicted molar refractivity (Wildman–Crippen MR) is 89.1 cm³/mol. The fourth-order valence-corrected chi connectivity index (χ4v) is 3.10. The van der Waals surface area contributed by atoms with Crippen LogP contribution >= 0.6 is 0 Å². The SMILES string of the molecule is CC(=O)c1ccc(S(=O)(=O)N[C@H](C)C(=O)Nc2ccccn2)cc1. The van der Waals surface area contributed by atoms with Crippen LogP contribution in [0.2, 0.25) is 0 Å². The lowest BCUT2D eigenvalue weighted by atomic mass is 10.2. The van der Waals surface area contributed by atoms with Gasteiger partial charge in [-0.1, -0.05) is 18.2 Å². The van der Waals surface area contributed by atoms with Crippen LogP contribution in [0.3, 0.4) is 0 Å². The van der Waals surface area contributed by atoms with E-state index in [1.54, 1.807) is 18.2 Å². The lowest BCUT2D eigenvalue weighted by Crippen LogP contribution is -2.41. The molecule has 1 atom stereocenters. The largest absolute Gasteiger partial charge is 0.309 e. The summed E-state index contributed by atoms with van der Waals surface area (Å²) in [6.07, 6.45) is 1.51. The number of amides is 1. The number of carbonyl (C=O) groups excluding carboxylic acids is 2. The lowest BCUT2D eigenvalue weighted by Gasteiger charge is -2.14. The first kappa shape index (κ1) is 17.8. The normalized spacial score (nSPS) is 12.4. The number of Topliss-reactive ketones (excluding diaryl/α,β-unsaturated/α-hetero) is 1. The van der Waals surface area contributed by atoms with Crippen LogP contribution in [0.5, 0.6) is 0 Å². The van der Waals surface area contributed by atoms with Crippen molar-refractivity contribution in [1.82, 2.24) is 9.71 Å². The van der Waals surface area contributed by atoms with Gasteiger partial charge in [0.05, 0.1) is 10.9 Å². The van der Waals surface area contributed by atoms with Gasteiger partial charge in [0.1, 0.15) is 5.82 Å². The summed E-state index contributed by atoms with van der Waals surface area (Å²) in [7, 11) is -3.88. The molecule has 0 radical (unpaired) electrons. The number of pyridine rings is 1. The molecule has 2 N–H and O–H groups in total. The number of nitrogens with zero attached hydrogens (tertiary/aromatic N) is 1. The number of nitrogens with one attached hydrogen (secondary N) is 2. The van der Waals surface area contributed by atoms with E-state index in [9.17, 15) is 18.0 Å². The van der Waals surface area contributed by atoms with Crippen molar-refractivity contribution >= 4 is 27.5 Å². The molecule has 2 rings (SSSR count). The zero-order valence-electron chi connectivity index (χ0n) is 13.2. The second kappa shape index (κ2) is 7.33. The van der Waals surface area contributed by atoms with E-state index in [-0.39, 0.29) is 10.7 Å². The fourth-order valence-electron chi connectivity index (χ4n) is 1.89. The first-order valence-corrected chi connectivity index (χ1v) is 8.63. The number of ketones is 1. The van der Waals surface area contributed by atoms with Crippen molar-refractivity contribution < 1.29 is 18.0 Å². The lowest BCUT2D eigenvalue weighted by molar-refractivity contribution is -0.117. The minimum atomic E-state index is -3.88. The second-order valence-corrected chi connectivity index (χ2v) is 6.84. The number of aromatic nitrogens is 1. The molecule has 0 unspecified atom stereocenters. The van der Waals surface area contributed by atoms with Crippen molar-refractivity contribution in [2.45, 2.75) is 24.8 Å². The maximum atomic E-state index is 12.3. The molecule has 1 heterocycles. The molecule has 1 aromatic heterocycles. The molecular formula is C16H17N3O4S. The Morgan fingerprint density at radius 3 is 2.29 bits per heavy atom. The monoisotopic (exact) mass is 347 g/mol. The number of rotatable bonds is 6. The standard InChI is InChI=1S/C16H17N3O4S/c1-11(16(21)18-15-5-3-4-10-17-15)19-24(22,23)14-8-6-13(7-9-14)12(2)20/h3-11,19H,1-2H3,(H,17,18,21)/t11-/m1/s1. The number of hydrogen-bond acceptors (Lipinski definition) is 5. The third-order valence-corrected chi connectivity index (χ3v) is 4.77. The summed E-state index contributed by atoms with van der Waals surface area (Å²) < 4.78 is 26.9. The van der Waals surface area contributed by atoms with Crippen molar-refractivity contribution in [2.75, 3.05) is 5.32 Å². The molecule has 0 saturated heterocycles. The molecule has 0 aliphatic rings. The Bertz CT molecular complexity index is 833. The molecule has 0 spiro atoms. The molecule has 1 amide bonds. The van der Waals surface area contributed by atoms with Gasteiger partial charge in [-0.25, -0.2) is 13.4 Å². The molecule has 1 aromatic carbocycles. The Hall–Kier alpha value is -2.58. The number of sulfonamides is 1. The van der Waals surface area contributed by atoms with E-state index in [1.807, 2.05) is 0 Å². The Balaban J connectivity index is 2.07. The third-order valence-electron chi connectivity index (χ3n) is 3.21. The molecule has 7 nitrogen and oxygen atoms in total. The molecule has 0 saturated carbocycles.